The second-order valence-electron chi connectivity index (χ2n) is 4.09. The minimum Gasteiger partial charge on any atom is -0.481 e. The number of hydrogen-bond donors (Lipinski definition) is 2. The number of carbonyl (C=O) groups excluding carboxylic acids is 1. The van der Waals surface area contributed by atoms with Crippen LogP contribution in [-0.2, 0) is 9.59 Å². The Balaban J connectivity index is 2.12. The number of carbonyl (C=O) groups is 2. The van der Waals surface area contributed by atoms with Gasteiger partial charge in [-0.1, -0.05) is 12.1 Å². The number of nitrogens with one attached hydrogen (secondary N) is 1. The van der Waals surface area contributed by atoms with E-state index in [9.17, 15) is 9.59 Å². The van der Waals surface area contributed by atoms with Crippen LogP contribution < -0.4 is 5.32 Å². The lowest BCUT2D eigenvalue weighted by atomic mass is 10.1. The van der Waals surface area contributed by atoms with Crippen molar-refractivity contribution in [1.82, 2.24) is 0 Å². The Morgan fingerprint density at radius 3 is 2.75 bits per heavy atom. The number of anilines is 1. The van der Waals surface area contributed by atoms with Crippen LogP contribution in [0.25, 0.3) is 0 Å². The molecular weight excluding hydrogens is 206 g/mol. The number of amides is 1. The van der Waals surface area contributed by atoms with Gasteiger partial charge in [0.05, 0.1) is 5.92 Å². The van der Waals surface area contributed by atoms with Crippen LogP contribution >= 0.6 is 0 Å². The third kappa shape index (κ3) is 2.21. The minimum absolute atomic E-state index is 0.103. The number of carboxylic acid groups (broad SMARTS) is 1. The zero-order valence-corrected chi connectivity index (χ0v) is 8.93. The van der Waals surface area contributed by atoms with Crippen molar-refractivity contribution < 1.29 is 14.7 Å². The van der Waals surface area contributed by atoms with E-state index in [1.807, 2.05) is 18.2 Å². The van der Waals surface area contributed by atoms with Crippen molar-refractivity contribution in [2.45, 2.75) is 19.3 Å². The lowest BCUT2D eigenvalue weighted by Gasteiger charge is -2.04. The first-order chi connectivity index (χ1) is 7.58. The Bertz CT molecular complexity index is 442. The van der Waals surface area contributed by atoms with Gasteiger partial charge in [-0.3, -0.25) is 9.59 Å². The summed E-state index contributed by atoms with van der Waals surface area (Å²) >= 11 is 0. The van der Waals surface area contributed by atoms with Crippen molar-refractivity contribution in [3.8, 4) is 0 Å². The highest BCUT2D eigenvalue weighted by molar-refractivity contribution is 5.88. The Kier molecular flexibility index (Phi) is 2.64. The maximum atomic E-state index is 10.9. The lowest BCUT2D eigenvalue weighted by Crippen LogP contribution is -2.06. The molecule has 1 saturated carbocycles. The first-order valence-corrected chi connectivity index (χ1v) is 5.18. The van der Waals surface area contributed by atoms with E-state index in [1.54, 1.807) is 6.07 Å². The molecule has 1 aliphatic carbocycles. The molecule has 0 saturated heterocycles. The molecule has 16 heavy (non-hydrogen) atoms. The molecule has 4 heteroatoms. The molecule has 0 radical (unpaired) electrons. The normalized spacial score (nSPS) is 22.6. The van der Waals surface area contributed by atoms with Crippen molar-refractivity contribution in [2.24, 2.45) is 5.92 Å². The highest BCUT2D eigenvalue weighted by Gasteiger charge is 2.44. The SMILES string of the molecule is CC(=O)Nc1cccc([C@@H]2C[C@H]2C(=O)O)c1. The van der Waals surface area contributed by atoms with Crippen LogP contribution in [0.15, 0.2) is 24.3 Å². The Morgan fingerprint density at radius 1 is 1.44 bits per heavy atom. The molecule has 0 bridgehead atoms. The van der Waals surface area contributed by atoms with Gasteiger partial charge in [0, 0.05) is 12.6 Å². The molecule has 0 aliphatic heterocycles. The van der Waals surface area contributed by atoms with E-state index in [0.29, 0.717) is 6.42 Å². The summed E-state index contributed by atoms with van der Waals surface area (Å²) in [5, 5.41) is 11.5. The summed E-state index contributed by atoms with van der Waals surface area (Å²) in [7, 11) is 0. The summed E-state index contributed by atoms with van der Waals surface area (Å²) in [6.45, 7) is 1.45. The quantitative estimate of drug-likeness (QED) is 0.815. The molecule has 0 aromatic heterocycles. The van der Waals surface area contributed by atoms with Crippen LogP contribution in [0.5, 0.6) is 0 Å². The van der Waals surface area contributed by atoms with Gasteiger partial charge in [0.2, 0.25) is 5.91 Å². The van der Waals surface area contributed by atoms with Gasteiger partial charge in [-0.15, -0.1) is 0 Å². The molecule has 0 heterocycles. The molecule has 0 spiro atoms. The summed E-state index contributed by atoms with van der Waals surface area (Å²) in [5.41, 5.74) is 1.71. The topological polar surface area (TPSA) is 66.4 Å². The van der Waals surface area contributed by atoms with Crippen LogP contribution in [0.4, 0.5) is 5.69 Å². The standard InChI is InChI=1S/C12H13NO3/c1-7(14)13-9-4-2-3-8(5-9)10-6-11(10)12(15)16/h2-5,10-11H,6H2,1H3,(H,13,14)(H,15,16)/t10-,11+/m0/s1. The highest BCUT2D eigenvalue weighted by Crippen LogP contribution is 2.47. The zero-order chi connectivity index (χ0) is 11.7. The van der Waals surface area contributed by atoms with Crippen LogP contribution in [-0.4, -0.2) is 17.0 Å². The summed E-state index contributed by atoms with van der Waals surface area (Å²) in [4.78, 5) is 21.6. The maximum absolute atomic E-state index is 10.9. The second kappa shape index (κ2) is 3.96. The predicted octanol–water partition coefficient (Wildman–Crippen LogP) is 1.83. The fraction of sp³-hybridized carbons (Fsp3) is 0.333. The molecule has 4 nitrogen and oxygen atoms in total. The molecule has 0 unspecified atom stereocenters. The number of benzene rings is 1. The van der Waals surface area contributed by atoms with Gasteiger partial charge in [0.1, 0.15) is 0 Å². The molecule has 1 aliphatic rings. The fourth-order valence-corrected chi connectivity index (χ4v) is 1.89. The largest absolute Gasteiger partial charge is 0.481 e. The van der Waals surface area contributed by atoms with E-state index in [4.69, 9.17) is 5.11 Å². The monoisotopic (exact) mass is 219 g/mol. The number of hydrogen-bond acceptors (Lipinski definition) is 2. The predicted molar refractivity (Wildman–Crippen MR) is 59.2 cm³/mol. The summed E-state index contributed by atoms with van der Waals surface area (Å²) < 4.78 is 0. The lowest BCUT2D eigenvalue weighted by molar-refractivity contribution is -0.138. The Morgan fingerprint density at radius 2 is 2.19 bits per heavy atom. The van der Waals surface area contributed by atoms with E-state index < -0.39 is 5.97 Å². The van der Waals surface area contributed by atoms with Crippen molar-refractivity contribution in [3.63, 3.8) is 0 Å². The van der Waals surface area contributed by atoms with Gasteiger partial charge in [-0.25, -0.2) is 0 Å². The molecule has 2 N–H and O–H groups in total. The average Bonchev–Trinajstić information content (AvgIpc) is 2.96. The Hall–Kier alpha value is -1.84. The third-order valence-corrected chi connectivity index (χ3v) is 2.74. The molecule has 1 aromatic carbocycles. The van der Waals surface area contributed by atoms with E-state index in [-0.39, 0.29) is 17.7 Å². The van der Waals surface area contributed by atoms with Gasteiger partial charge in [0.25, 0.3) is 0 Å². The van der Waals surface area contributed by atoms with Crippen molar-refractivity contribution in [1.29, 1.82) is 0 Å². The van der Waals surface area contributed by atoms with Gasteiger partial charge in [-0.05, 0) is 30.0 Å². The fourth-order valence-electron chi connectivity index (χ4n) is 1.89. The summed E-state index contributed by atoms with van der Waals surface area (Å²) in [6.07, 6.45) is 0.693. The van der Waals surface area contributed by atoms with Crippen molar-refractivity contribution in [3.05, 3.63) is 29.8 Å². The number of carboxylic acids is 1. The summed E-state index contributed by atoms with van der Waals surface area (Å²) in [5.74, 6) is -1.02. The molecule has 1 amide bonds. The van der Waals surface area contributed by atoms with E-state index in [2.05, 4.69) is 5.32 Å². The molecule has 84 valence electrons. The average molecular weight is 219 g/mol. The molecular formula is C12H13NO3. The first-order valence-electron chi connectivity index (χ1n) is 5.18. The van der Waals surface area contributed by atoms with Gasteiger partial charge in [0.15, 0.2) is 0 Å². The number of rotatable bonds is 3. The van der Waals surface area contributed by atoms with Crippen LogP contribution in [0, 0.1) is 5.92 Å². The van der Waals surface area contributed by atoms with E-state index in [1.165, 1.54) is 6.92 Å². The van der Waals surface area contributed by atoms with Crippen LogP contribution in [0.3, 0.4) is 0 Å². The van der Waals surface area contributed by atoms with E-state index in [0.717, 1.165) is 11.3 Å². The maximum Gasteiger partial charge on any atom is 0.307 e. The third-order valence-electron chi connectivity index (χ3n) is 2.74. The van der Waals surface area contributed by atoms with Gasteiger partial charge < -0.3 is 10.4 Å². The van der Waals surface area contributed by atoms with Crippen molar-refractivity contribution in [2.75, 3.05) is 5.32 Å². The molecule has 2 atom stereocenters. The van der Waals surface area contributed by atoms with Crippen LogP contribution in [0.1, 0.15) is 24.8 Å². The zero-order valence-electron chi connectivity index (χ0n) is 8.93. The number of aliphatic carboxylic acids is 1. The van der Waals surface area contributed by atoms with E-state index >= 15 is 0 Å². The highest BCUT2D eigenvalue weighted by atomic mass is 16.4. The summed E-state index contributed by atoms with van der Waals surface area (Å²) in [6, 6.07) is 7.37. The van der Waals surface area contributed by atoms with Gasteiger partial charge in [-0.2, -0.15) is 0 Å². The Labute approximate surface area is 93.3 Å². The molecule has 1 aromatic rings. The first kappa shape index (κ1) is 10.7. The molecule has 1 fully saturated rings. The minimum atomic E-state index is -0.741. The van der Waals surface area contributed by atoms with Crippen LogP contribution in [0.2, 0.25) is 0 Å². The van der Waals surface area contributed by atoms with Gasteiger partial charge >= 0.3 is 5.97 Å². The second-order valence-corrected chi connectivity index (χ2v) is 4.09. The molecule has 2 rings (SSSR count). The van der Waals surface area contributed by atoms with Crippen molar-refractivity contribution >= 4 is 17.6 Å². The smallest absolute Gasteiger partial charge is 0.307 e.